The summed E-state index contributed by atoms with van der Waals surface area (Å²) in [5.74, 6) is 0.558. The van der Waals surface area contributed by atoms with Crippen LogP contribution in [0.25, 0.3) is 0 Å². The summed E-state index contributed by atoms with van der Waals surface area (Å²) in [4.78, 5) is 13.9. The number of carbonyl (C=O) groups is 1. The molecule has 5 nitrogen and oxygen atoms in total. The van der Waals surface area contributed by atoms with Gasteiger partial charge in [-0.2, -0.15) is 0 Å². The van der Waals surface area contributed by atoms with E-state index >= 15 is 0 Å². The van der Waals surface area contributed by atoms with Crippen LogP contribution in [-0.4, -0.2) is 20.6 Å². The standard InChI is InChI=1S/C22H22N2O3S2/c1-16-20(9-6-10-21(16)24-29(2,26)27)22(25)23-18-13-11-17(12-14-18)15-28-19-7-4-3-5-8-19/h3-14,24H,15H2,1-2H3,(H,23,25). The molecule has 0 aliphatic rings. The molecule has 1 amide bonds. The highest BCUT2D eigenvalue weighted by molar-refractivity contribution is 7.98. The molecule has 0 aliphatic carbocycles. The van der Waals surface area contributed by atoms with Gasteiger partial charge in [0, 0.05) is 21.9 Å². The monoisotopic (exact) mass is 426 g/mol. The van der Waals surface area contributed by atoms with Gasteiger partial charge in [0.15, 0.2) is 0 Å². The Morgan fingerprint density at radius 3 is 2.28 bits per heavy atom. The van der Waals surface area contributed by atoms with Gasteiger partial charge in [-0.05, 0) is 54.4 Å². The first-order valence-electron chi connectivity index (χ1n) is 8.97. The minimum atomic E-state index is -3.42. The van der Waals surface area contributed by atoms with Crippen LogP contribution in [0.15, 0.2) is 77.7 Å². The molecule has 0 unspecified atom stereocenters. The van der Waals surface area contributed by atoms with Gasteiger partial charge in [-0.15, -0.1) is 11.8 Å². The molecule has 0 atom stereocenters. The summed E-state index contributed by atoms with van der Waals surface area (Å²) >= 11 is 1.75. The molecule has 7 heteroatoms. The third-order valence-electron chi connectivity index (χ3n) is 4.23. The minimum Gasteiger partial charge on any atom is -0.322 e. The molecular formula is C22H22N2O3S2. The van der Waals surface area contributed by atoms with Crippen molar-refractivity contribution in [3.8, 4) is 0 Å². The average Bonchev–Trinajstić information content (AvgIpc) is 2.69. The van der Waals surface area contributed by atoms with Crippen molar-refractivity contribution in [1.82, 2.24) is 0 Å². The molecule has 2 N–H and O–H groups in total. The Hall–Kier alpha value is -2.77. The van der Waals surface area contributed by atoms with Gasteiger partial charge in [0.1, 0.15) is 0 Å². The molecule has 0 saturated carbocycles. The van der Waals surface area contributed by atoms with Gasteiger partial charge in [0.05, 0.1) is 11.9 Å². The van der Waals surface area contributed by atoms with Gasteiger partial charge in [-0.3, -0.25) is 9.52 Å². The van der Waals surface area contributed by atoms with Crippen LogP contribution in [0.5, 0.6) is 0 Å². The zero-order chi connectivity index (χ0) is 20.9. The van der Waals surface area contributed by atoms with Gasteiger partial charge in [0.25, 0.3) is 5.91 Å². The Bertz CT molecular complexity index is 1100. The zero-order valence-corrected chi connectivity index (χ0v) is 17.8. The lowest BCUT2D eigenvalue weighted by Gasteiger charge is -2.12. The molecule has 0 bridgehead atoms. The molecule has 0 radical (unpaired) electrons. The van der Waals surface area contributed by atoms with Crippen LogP contribution in [-0.2, 0) is 15.8 Å². The molecule has 0 aliphatic heterocycles. The largest absolute Gasteiger partial charge is 0.322 e. The van der Waals surface area contributed by atoms with E-state index in [0.29, 0.717) is 22.5 Å². The van der Waals surface area contributed by atoms with Crippen molar-refractivity contribution in [3.05, 3.63) is 89.5 Å². The van der Waals surface area contributed by atoms with Crippen molar-refractivity contribution in [2.75, 3.05) is 16.3 Å². The van der Waals surface area contributed by atoms with E-state index in [1.807, 2.05) is 42.5 Å². The Morgan fingerprint density at radius 2 is 1.62 bits per heavy atom. The van der Waals surface area contributed by atoms with Crippen molar-refractivity contribution in [1.29, 1.82) is 0 Å². The van der Waals surface area contributed by atoms with Crippen molar-refractivity contribution in [2.24, 2.45) is 0 Å². The summed E-state index contributed by atoms with van der Waals surface area (Å²) in [6.45, 7) is 1.71. The number of carbonyl (C=O) groups excluding carboxylic acids is 1. The molecule has 0 spiro atoms. The fraction of sp³-hybridized carbons (Fsp3) is 0.136. The molecule has 0 heterocycles. The van der Waals surface area contributed by atoms with Crippen molar-refractivity contribution >= 4 is 39.1 Å². The normalized spacial score (nSPS) is 11.1. The number of hydrogen-bond donors (Lipinski definition) is 2. The number of hydrogen-bond acceptors (Lipinski definition) is 4. The van der Waals surface area contributed by atoms with E-state index in [2.05, 4.69) is 22.2 Å². The number of thioether (sulfide) groups is 1. The highest BCUT2D eigenvalue weighted by Crippen LogP contribution is 2.24. The molecule has 3 aromatic rings. The summed E-state index contributed by atoms with van der Waals surface area (Å²) in [5, 5.41) is 2.87. The van der Waals surface area contributed by atoms with Crippen LogP contribution in [0.3, 0.4) is 0 Å². The Kier molecular flexibility index (Phi) is 6.61. The molecular weight excluding hydrogens is 404 g/mol. The number of benzene rings is 3. The van der Waals surface area contributed by atoms with Crippen LogP contribution in [0.1, 0.15) is 21.5 Å². The summed E-state index contributed by atoms with van der Waals surface area (Å²) < 4.78 is 25.4. The predicted octanol–water partition coefficient (Wildman–Crippen LogP) is 4.91. The second-order valence-electron chi connectivity index (χ2n) is 6.61. The van der Waals surface area contributed by atoms with E-state index in [0.717, 1.165) is 17.6 Å². The zero-order valence-electron chi connectivity index (χ0n) is 16.2. The third-order valence-corrected chi connectivity index (χ3v) is 5.91. The second-order valence-corrected chi connectivity index (χ2v) is 9.40. The average molecular weight is 427 g/mol. The molecule has 3 aromatic carbocycles. The van der Waals surface area contributed by atoms with Gasteiger partial charge in [-0.25, -0.2) is 8.42 Å². The summed E-state index contributed by atoms with van der Waals surface area (Å²) in [7, 11) is -3.42. The quantitative estimate of drug-likeness (QED) is 0.526. The minimum absolute atomic E-state index is 0.286. The maximum atomic E-state index is 12.7. The van der Waals surface area contributed by atoms with Crippen LogP contribution in [0.4, 0.5) is 11.4 Å². The maximum Gasteiger partial charge on any atom is 0.256 e. The molecule has 0 saturated heterocycles. The van der Waals surface area contributed by atoms with Gasteiger partial charge in [0.2, 0.25) is 10.0 Å². The van der Waals surface area contributed by atoms with Gasteiger partial charge < -0.3 is 5.32 Å². The van der Waals surface area contributed by atoms with E-state index in [9.17, 15) is 13.2 Å². The topological polar surface area (TPSA) is 75.3 Å². The van der Waals surface area contributed by atoms with Crippen LogP contribution in [0.2, 0.25) is 0 Å². The first-order valence-corrected chi connectivity index (χ1v) is 11.8. The van der Waals surface area contributed by atoms with E-state index in [-0.39, 0.29) is 5.91 Å². The summed E-state index contributed by atoms with van der Waals surface area (Å²) in [6.07, 6.45) is 1.08. The van der Waals surface area contributed by atoms with E-state index in [4.69, 9.17) is 0 Å². The molecule has 150 valence electrons. The Balaban J connectivity index is 1.66. The summed E-state index contributed by atoms with van der Waals surface area (Å²) in [6, 6.07) is 22.8. The lowest BCUT2D eigenvalue weighted by molar-refractivity contribution is 0.102. The Labute approximate surface area is 175 Å². The maximum absolute atomic E-state index is 12.7. The van der Waals surface area contributed by atoms with Crippen LogP contribution in [0, 0.1) is 6.92 Å². The van der Waals surface area contributed by atoms with E-state index < -0.39 is 10.0 Å². The van der Waals surface area contributed by atoms with Crippen molar-refractivity contribution < 1.29 is 13.2 Å². The summed E-state index contributed by atoms with van der Waals surface area (Å²) in [5.41, 5.74) is 3.24. The lowest BCUT2D eigenvalue weighted by Crippen LogP contribution is -2.16. The van der Waals surface area contributed by atoms with Crippen molar-refractivity contribution in [2.45, 2.75) is 17.6 Å². The fourth-order valence-corrected chi connectivity index (χ4v) is 4.25. The smallest absolute Gasteiger partial charge is 0.256 e. The Morgan fingerprint density at radius 1 is 0.931 bits per heavy atom. The molecule has 29 heavy (non-hydrogen) atoms. The SMILES string of the molecule is Cc1c(NS(C)(=O)=O)cccc1C(=O)Nc1ccc(CSc2ccccc2)cc1. The number of rotatable bonds is 7. The number of sulfonamides is 1. The lowest BCUT2D eigenvalue weighted by atomic mass is 10.1. The van der Waals surface area contributed by atoms with Crippen LogP contribution >= 0.6 is 11.8 Å². The molecule has 0 aromatic heterocycles. The van der Waals surface area contributed by atoms with Crippen molar-refractivity contribution in [3.63, 3.8) is 0 Å². The number of anilines is 2. The first kappa shape index (κ1) is 21.0. The fourth-order valence-electron chi connectivity index (χ4n) is 2.76. The highest BCUT2D eigenvalue weighted by atomic mass is 32.2. The highest BCUT2D eigenvalue weighted by Gasteiger charge is 2.14. The predicted molar refractivity (Wildman–Crippen MR) is 120 cm³/mol. The third kappa shape index (κ3) is 6.10. The molecule has 3 rings (SSSR count). The first-order chi connectivity index (χ1) is 13.8. The number of amides is 1. The van der Waals surface area contributed by atoms with Gasteiger partial charge >= 0.3 is 0 Å². The van der Waals surface area contributed by atoms with E-state index in [1.54, 1.807) is 36.9 Å². The van der Waals surface area contributed by atoms with E-state index in [1.165, 1.54) is 4.90 Å². The number of nitrogens with one attached hydrogen (secondary N) is 2. The van der Waals surface area contributed by atoms with Gasteiger partial charge in [-0.1, -0.05) is 36.4 Å². The van der Waals surface area contributed by atoms with Crippen LogP contribution < -0.4 is 10.0 Å². The molecule has 0 fully saturated rings. The second kappa shape index (κ2) is 9.15.